The van der Waals surface area contributed by atoms with Crippen molar-refractivity contribution in [1.29, 1.82) is 0 Å². The van der Waals surface area contributed by atoms with Gasteiger partial charge in [0.1, 0.15) is 0 Å². The highest BCUT2D eigenvalue weighted by Crippen LogP contribution is 2.38. The summed E-state index contributed by atoms with van der Waals surface area (Å²) in [7, 11) is 0. The highest BCUT2D eigenvalue weighted by Gasteiger charge is 2.26. The van der Waals surface area contributed by atoms with Crippen LogP contribution in [0.25, 0.3) is 0 Å². The van der Waals surface area contributed by atoms with Crippen LogP contribution in [-0.4, -0.2) is 5.11 Å². The van der Waals surface area contributed by atoms with Crippen LogP contribution >= 0.6 is 0 Å². The normalized spacial score (nSPS) is 14.3. The molecule has 1 rings (SSSR count). The van der Waals surface area contributed by atoms with Crippen molar-refractivity contribution in [2.75, 3.05) is 5.73 Å². The molecule has 0 heterocycles. The lowest BCUT2D eigenvalue weighted by atomic mass is 9.77. The number of nitrogens with two attached hydrogens (primary N) is 1. The molecule has 0 saturated carbocycles. The summed E-state index contributed by atoms with van der Waals surface area (Å²) in [4.78, 5) is 0. The maximum absolute atomic E-state index is 10.1. The second kappa shape index (κ2) is 5.01. The lowest BCUT2D eigenvalue weighted by molar-refractivity contribution is 0.227. The van der Waals surface area contributed by atoms with Gasteiger partial charge in [-0.25, -0.2) is 0 Å². The van der Waals surface area contributed by atoms with E-state index in [0.29, 0.717) is 5.69 Å². The number of aliphatic hydroxyl groups is 1. The fraction of sp³-hybridized carbons (Fsp3) is 0.529. The van der Waals surface area contributed by atoms with Crippen molar-refractivity contribution < 1.29 is 5.11 Å². The zero-order valence-corrected chi connectivity index (χ0v) is 13.0. The first-order chi connectivity index (χ1) is 8.48. The molecule has 19 heavy (non-hydrogen) atoms. The van der Waals surface area contributed by atoms with E-state index in [9.17, 15) is 5.11 Å². The molecule has 3 N–H and O–H groups in total. The van der Waals surface area contributed by atoms with Crippen LogP contribution in [-0.2, 0) is 10.8 Å². The van der Waals surface area contributed by atoms with Gasteiger partial charge in [-0.1, -0.05) is 53.7 Å². The molecule has 2 nitrogen and oxygen atoms in total. The van der Waals surface area contributed by atoms with Crippen LogP contribution < -0.4 is 5.73 Å². The molecule has 0 radical (unpaired) electrons. The largest absolute Gasteiger partial charge is 0.398 e. The van der Waals surface area contributed by atoms with Crippen LogP contribution in [0, 0.1) is 0 Å². The molecular weight excluding hydrogens is 234 g/mol. The van der Waals surface area contributed by atoms with Gasteiger partial charge in [0.15, 0.2) is 0 Å². The standard InChI is InChI=1S/C17H27NO/c1-8-14(19)15-12(17(5,6)7)9-11(10-13(15)18)16(2,3)4/h8-10,14,19H,1,18H2,2-7H3. The van der Waals surface area contributed by atoms with Gasteiger partial charge in [0.05, 0.1) is 6.10 Å². The average Bonchev–Trinajstić information content (AvgIpc) is 2.24. The van der Waals surface area contributed by atoms with E-state index in [-0.39, 0.29) is 10.8 Å². The molecule has 0 amide bonds. The van der Waals surface area contributed by atoms with E-state index < -0.39 is 6.10 Å². The van der Waals surface area contributed by atoms with Crippen LogP contribution in [0.5, 0.6) is 0 Å². The zero-order valence-electron chi connectivity index (χ0n) is 13.0. The Morgan fingerprint density at radius 1 is 1.11 bits per heavy atom. The van der Waals surface area contributed by atoms with E-state index in [2.05, 4.69) is 54.2 Å². The number of benzene rings is 1. The van der Waals surface area contributed by atoms with Crippen molar-refractivity contribution in [2.45, 2.75) is 58.5 Å². The van der Waals surface area contributed by atoms with E-state index in [4.69, 9.17) is 5.73 Å². The molecule has 0 fully saturated rings. The van der Waals surface area contributed by atoms with Crippen molar-refractivity contribution in [3.8, 4) is 0 Å². The van der Waals surface area contributed by atoms with Gasteiger partial charge in [0.2, 0.25) is 0 Å². The second-order valence-corrected chi connectivity index (χ2v) is 7.21. The minimum absolute atomic E-state index is 0.0335. The fourth-order valence-electron chi connectivity index (χ4n) is 2.18. The lowest BCUT2D eigenvalue weighted by Gasteiger charge is -2.29. The van der Waals surface area contributed by atoms with Gasteiger partial charge in [-0.15, -0.1) is 6.58 Å². The molecule has 0 bridgehead atoms. The zero-order chi connectivity index (χ0) is 15.0. The van der Waals surface area contributed by atoms with Gasteiger partial charge in [-0.05, 0) is 28.0 Å². The van der Waals surface area contributed by atoms with Crippen LogP contribution in [0.3, 0.4) is 0 Å². The Balaban J connectivity index is 3.62. The summed E-state index contributed by atoms with van der Waals surface area (Å²) >= 11 is 0. The van der Waals surface area contributed by atoms with Crippen LogP contribution in [0.1, 0.15) is 64.3 Å². The summed E-state index contributed by atoms with van der Waals surface area (Å²) in [6, 6.07) is 4.13. The summed E-state index contributed by atoms with van der Waals surface area (Å²) in [6.07, 6.45) is 0.806. The molecule has 0 aliphatic rings. The molecule has 1 atom stereocenters. The van der Waals surface area contributed by atoms with Crippen molar-refractivity contribution in [2.24, 2.45) is 0 Å². The van der Waals surface area contributed by atoms with Crippen molar-refractivity contribution in [1.82, 2.24) is 0 Å². The average molecular weight is 261 g/mol. The van der Waals surface area contributed by atoms with Crippen molar-refractivity contribution in [3.05, 3.63) is 41.5 Å². The first-order valence-electron chi connectivity index (χ1n) is 6.73. The molecular formula is C17H27NO. The smallest absolute Gasteiger partial charge is 0.0991 e. The van der Waals surface area contributed by atoms with Gasteiger partial charge < -0.3 is 10.8 Å². The topological polar surface area (TPSA) is 46.2 Å². The molecule has 1 aromatic rings. The number of hydrogen-bond acceptors (Lipinski definition) is 2. The van der Waals surface area contributed by atoms with E-state index in [1.54, 1.807) is 0 Å². The highest BCUT2D eigenvalue weighted by atomic mass is 16.3. The molecule has 1 unspecified atom stereocenters. The maximum atomic E-state index is 10.1. The van der Waals surface area contributed by atoms with E-state index in [1.807, 2.05) is 6.07 Å². The predicted octanol–water partition coefficient (Wildman–Crippen LogP) is 4.08. The van der Waals surface area contributed by atoms with Crippen LogP contribution in [0.4, 0.5) is 5.69 Å². The first kappa shape index (κ1) is 15.8. The Kier molecular flexibility index (Phi) is 4.16. The summed E-state index contributed by atoms with van der Waals surface area (Å²) < 4.78 is 0. The van der Waals surface area contributed by atoms with Gasteiger partial charge >= 0.3 is 0 Å². The summed E-state index contributed by atoms with van der Waals surface area (Å²) in [5, 5.41) is 10.1. The predicted molar refractivity (Wildman–Crippen MR) is 83.4 cm³/mol. The molecule has 106 valence electrons. The number of aliphatic hydroxyl groups excluding tert-OH is 1. The lowest BCUT2D eigenvalue weighted by Crippen LogP contribution is -2.21. The minimum Gasteiger partial charge on any atom is -0.398 e. The fourth-order valence-corrected chi connectivity index (χ4v) is 2.18. The Morgan fingerprint density at radius 2 is 1.63 bits per heavy atom. The summed E-state index contributed by atoms with van der Waals surface area (Å²) in [5.41, 5.74) is 9.85. The Labute approximate surface area is 117 Å². The summed E-state index contributed by atoms with van der Waals surface area (Å²) in [5.74, 6) is 0. The van der Waals surface area contributed by atoms with E-state index in [1.165, 1.54) is 11.6 Å². The number of nitrogen functional groups attached to an aromatic ring is 1. The number of rotatable bonds is 2. The van der Waals surface area contributed by atoms with Gasteiger partial charge in [0, 0.05) is 11.3 Å². The van der Waals surface area contributed by atoms with E-state index >= 15 is 0 Å². The third-order valence-corrected chi connectivity index (χ3v) is 3.41. The van der Waals surface area contributed by atoms with Crippen molar-refractivity contribution >= 4 is 5.69 Å². The molecule has 0 saturated heterocycles. The van der Waals surface area contributed by atoms with Crippen LogP contribution in [0.2, 0.25) is 0 Å². The monoisotopic (exact) mass is 261 g/mol. The molecule has 0 aliphatic carbocycles. The van der Waals surface area contributed by atoms with Crippen LogP contribution in [0.15, 0.2) is 24.8 Å². The molecule has 0 spiro atoms. The number of anilines is 1. The Hall–Kier alpha value is -1.28. The SMILES string of the molecule is C=CC(O)c1c(N)cc(C(C)(C)C)cc1C(C)(C)C. The van der Waals surface area contributed by atoms with Gasteiger partial charge in [-0.3, -0.25) is 0 Å². The molecule has 0 aliphatic heterocycles. The Bertz CT molecular complexity index is 475. The molecule has 0 aromatic heterocycles. The Morgan fingerprint density at radius 3 is 2.00 bits per heavy atom. The quantitative estimate of drug-likeness (QED) is 0.622. The third kappa shape index (κ3) is 3.38. The highest BCUT2D eigenvalue weighted by molar-refractivity contribution is 5.58. The van der Waals surface area contributed by atoms with Crippen molar-refractivity contribution in [3.63, 3.8) is 0 Å². The maximum Gasteiger partial charge on any atom is 0.0991 e. The van der Waals surface area contributed by atoms with Gasteiger partial charge in [0.25, 0.3) is 0 Å². The summed E-state index contributed by atoms with van der Waals surface area (Å²) in [6.45, 7) is 16.6. The first-order valence-corrected chi connectivity index (χ1v) is 6.73. The third-order valence-electron chi connectivity index (χ3n) is 3.41. The minimum atomic E-state index is -0.719. The van der Waals surface area contributed by atoms with E-state index in [0.717, 1.165) is 11.1 Å². The second-order valence-electron chi connectivity index (χ2n) is 7.21. The molecule has 2 heteroatoms. The number of hydrogen-bond donors (Lipinski definition) is 2. The van der Waals surface area contributed by atoms with Gasteiger partial charge in [-0.2, -0.15) is 0 Å². The molecule has 1 aromatic carbocycles.